The van der Waals surface area contributed by atoms with Crippen LogP contribution >= 0.6 is 0 Å². The number of unbranched alkanes of at least 4 members (excludes halogenated alkanes) is 25. The van der Waals surface area contributed by atoms with Gasteiger partial charge in [-0.1, -0.05) is 181 Å². The Bertz CT molecular complexity index is 679. The summed E-state index contributed by atoms with van der Waals surface area (Å²) in [5.41, 5.74) is 0. The summed E-state index contributed by atoms with van der Waals surface area (Å²) in [5, 5.41) is 0. The van der Waals surface area contributed by atoms with Crippen LogP contribution in [0.3, 0.4) is 0 Å². The third kappa shape index (κ3) is 33.8. The molecule has 0 rings (SSSR count). The molecule has 0 aliphatic heterocycles. The maximum absolute atomic E-state index is 12.5. The first kappa shape index (κ1) is 44.4. The summed E-state index contributed by atoms with van der Waals surface area (Å²) in [6.07, 6.45) is 33.9. The number of esters is 3. The van der Waals surface area contributed by atoms with Crippen LogP contribution in [0.2, 0.25) is 0 Å². The molecule has 0 radical (unpaired) electrons. The lowest BCUT2D eigenvalue weighted by Crippen LogP contribution is -2.30. The molecule has 1 unspecified atom stereocenters. The molecule has 6 nitrogen and oxygen atoms in total. The van der Waals surface area contributed by atoms with Gasteiger partial charge in [-0.05, 0) is 19.3 Å². The van der Waals surface area contributed by atoms with Crippen molar-refractivity contribution in [3.05, 3.63) is 0 Å². The SMILES string of the molecule is CCCCCCCCCCCCCCCCC(=O)OCC(COC(=O)CCCCCCCCC)OC(=O)CCCCCCCCC. The second-order valence-corrected chi connectivity index (χ2v) is 13.6. The fourth-order valence-corrected chi connectivity index (χ4v) is 5.79. The van der Waals surface area contributed by atoms with Gasteiger partial charge in [-0.15, -0.1) is 0 Å². The Labute approximate surface area is 285 Å². The highest BCUT2D eigenvalue weighted by Crippen LogP contribution is 2.15. The highest BCUT2D eigenvalue weighted by atomic mass is 16.6. The van der Waals surface area contributed by atoms with Gasteiger partial charge in [0.15, 0.2) is 6.10 Å². The molecule has 0 aromatic rings. The Morgan fingerprint density at radius 3 is 0.870 bits per heavy atom. The van der Waals surface area contributed by atoms with Crippen molar-refractivity contribution in [3.8, 4) is 0 Å². The lowest BCUT2D eigenvalue weighted by Gasteiger charge is -2.18. The highest BCUT2D eigenvalue weighted by molar-refractivity contribution is 5.71. The van der Waals surface area contributed by atoms with Gasteiger partial charge in [0.05, 0.1) is 0 Å². The van der Waals surface area contributed by atoms with E-state index in [1.165, 1.54) is 122 Å². The molecular formula is C40H76O6. The van der Waals surface area contributed by atoms with Crippen LogP contribution in [-0.4, -0.2) is 37.2 Å². The second kappa shape index (κ2) is 36.2. The minimum Gasteiger partial charge on any atom is -0.462 e. The first-order valence-electron chi connectivity index (χ1n) is 20.0. The van der Waals surface area contributed by atoms with Crippen molar-refractivity contribution in [1.29, 1.82) is 0 Å². The molecular weight excluding hydrogens is 576 g/mol. The minimum atomic E-state index is -0.754. The third-order valence-electron chi connectivity index (χ3n) is 8.86. The van der Waals surface area contributed by atoms with E-state index in [0.29, 0.717) is 19.3 Å². The van der Waals surface area contributed by atoms with Crippen molar-refractivity contribution < 1.29 is 28.6 Å². The summed E-state index contributed by atoms with van der Waals surface area (Å²) in [5.74, 6) is -0.874. The molecule has 0 bridgehead atoms. The summed E-state index contributed by atoms with van der Waals surface area (Å²) in [6, 6.07) is 0. The quantitative estimate of drug-likeness (QED) is 0.0381. The van der Waals surface area contributed by atoms with E-state index in [0.717, 1.165) is 57.8 Å². The molecule has 1 atom stereocenters. The average molecular weight is 653 g/mol. The lowest BCUT2D eigenvalue weighted by atomic mass is 10.0. The smallest absolute Gasteiger partial charge is 0.306 e. The van der Waals surface area contributed by atoms with Gasteiger partial charge in [0.25, 0.3) is 0 Å². The summed E-state index contributed by atoms with van der Waals surface area (Å²) in [7, 11) is 0. The second-order valence-electron chi connectivity index (χ2n) is 13.6. The average Bonchev–Trinajstić information content (AvgIpc) is 3.05. The predicted molar refractivity (Wildman–Crippen MR) is 192 cm³/mol. The molecule has 0 fully saturated rings. The summed E-state index contributed by atoms with van der Waals surface area (Å²) in [4.78, 5) is 37.2. The number of ether oxygens (including phenoxy) is 3. The standard InChI is InChI=1S/C40H76O6/c1-4-7-10-13-16-17-18-19-20-21-22-25-27-30-33-39(42)45-36-37(46-40(43)34-31-28-24-15-12-9-6-3)35-44-38(41)32-29-26-23-14-11-8-5-2/h37H,4-36H2,1-3H3. The van der Waals surface area contributed by atoms with E-state index in [1.807, 2.05) is 0 Å². The van der Waals surface area contributed by atoms with Gasteiger partial charge < -0.3 is 14.2 Å². The van der Waals surface area contributed by atoms with E-state index in [9.17, 15) is 14.4 Å². The molecule has 0 saturated heterocycles. The summed E-state index contributed by atoms with van der Waals surface area (Å²) >= 11 is 0. The van der Waals surface area contributed by atoms with E-state index in [-0.39, 0.29) is 31.1 Å². The van der Waals surface area contributed by atoms with Gasteiger partial charge in [0, 0.05) is 19.3 Å². The fourth-order valence-electron chi connectivity index (χ4n) is 5.79. The molecule has 0 aromatic heterocycles. The molecule has 0 heterocycles. The molecule has 272 valence electrons. The molecule has 0 aliphatic carbocycles. The molecule has 0 aromatic carbocycles. The maximum Gasteiger partial charge on any atom is 0.306 e. The van der Waals surface area contributed by atoms with Crippen LogP contribution in [0.5, 0.6) is 0 Å². The van der Waals surface area contributed by atoms with Gasteiger partial charge in [0.2, 0.25) is 0 Å². The Morgan fingerprint density at radius 1 is 0.348 bits per heavy atom. The molecule has 0 N–H and O–H groups in total. The van der Waals surface area contributed by atoms with Gasteiger partial charge in [-0.3, -0.25) is 14.4 Å². The van der Waals surface area contributed by atoms with Crippen LogP contribution in [0.25, 0.3) is 0 Å². The Balaban J connectivity index is 4.22. The largest absolute Gasteiger partial charge is 0.462 e. The van der Waals surface area contributed by atoms with Crippen LogP contribution in [-0.2, 0) is 28.6 Å². The third-order valence-corrected chi connectivity index (χ3v) is 8.86. The van der Waals surface area contributed by atoms with E-state index in [2.05, 4.69) is 20.8 Å². The van der Waals surface area contributed by atoms with Gasteiger partial charge >= 0.3 is 17.9 Å². The number of hydrogen-bond donors (Lipinski definition) is 0. The minimum absolute atomic E-state index is 0.0646. The van der Waals surface area contributed by atoms with Crippen molar-refractivity contribution >= 4 is 17.9 Å². The first-order chi connectivity index (χ1) is 22.5. The zero-order chi connectivity index (χ0) is 33.8. The number of carbonyl (C=O) groups is 3. The van der Waals surface area contributed by atoms with Crippen LogP contribution in [0.1, 0.15) is 220 Å². The van der Waals surface area contributed by atoms with Crippen LogP contribution < -0.4 is 0 Å². The van der Waals surface area contributed by atoms with Crippen molar-refractivity contribution in [2.75, 3.05) is 13.2 Å². The van der Waals surface area contributed by atoms with Gasteiger partial charge in [-0.2, -0.15) is 0 Å². The summed E-state index contributed by atoms with van der Waals surface area (Å²) in [6.45, 7) is 6.55. The van der Waals surface area contributed by atoms with E-state index < -0.39 is 6.10 Å². The molecule has 0 amide bonds. The lowest BCUT2D eigenvalue weighted by molar-refractivity contribution is -0.167. The first-order valence-corrected chi connectivity index (χ1v) is 20.0. The predicted octanol–water partition coefficient (Wildman–Crippen LogP) is 12.1. The van der Waals surface area contributed by atoms with Crippen molar-refractivity contribution in [2.24, 2.45) is 0 Å². The monoisotopic (exact) mass is 653 g/mol. The van der Waals surface area contributed by atoms with Crippen molar-refractivity contribution in [1.82, 2.24) is 0 Å². The number of hydrogen-bond acceptors (Lipinski definition) is 6. The zero-order valence-corrected chi connectivity index (χ0v) is 30.9. The highest BCUT2D eigenvalue weighted by Gasteiger charge is 2.19. The van der Waals surface area contributed by atoms with Crippen molar-refractivity contribution in [3.63, 3.8) is 0 Å². The van der Waals surface area contributed by atoms with E-state index >= 15 is 0 Å². The molecule has 0 aliphatic rings. The number of carbonyl (C=O) groups excluding carboxylic acids is 3. The Kier molecular flexibility index (Phi) is 35.0. The maximum atomic E-state index is 12.5. The zero-order valence-electron chi connectivity index (χ0n) is 30.9. The number of rotatable bonds is 36. The van der Waals surface area contributed by atoms with E-state index in [1.54, 1.807) is 0 Å². The molecule has 6 heteroatoms. The van der Waals surface area contributed by atoms with Crippen molar-refractivity contribution in [2.45, 2.75) is 226 Å². The molecule has 46 heavy (non-hydrogen) atoms. The molecule has 0 spiro atoms. The Morgan fingerprint density at radius 2 is 0.587 bits per heavy atom. The topological polar surface area (TPSA) is 78.9 Å². The van der Waals surface area contributed by atoms with E-state index in [4.69, 9.17) is 14.2 Å². The van der Waals surface area contributed by atoms with Gasteiger partial charge in [-0.25, -0.2) is 0 Å². The van der Waals surface area contributed by atoms with Crippen LogP contribution in [0.15, 0.2) is 0 Å². The Hall–Kier alpha value is -1.59. The fraction of sp³-hybridized carbons (Fsp3) is 0.925. The summed E-state index contributed by atoms with van der Waals surface area (Å²) < 4.78 is 16.5. The van der Waals surface area contributed by atoms with Gasteiger partial charge in [0.1, 0.15) is 13.2 Å². The normalized spacial score (nSPS) is 11.8. The van der Waals surface area contributed by atoms with Crippen LogP contribution in [0, 0.1) is 0 Å². The van der Waals surface area contributed by atoms with Crippen LogP contribution in [0.4, 0.5) is 0 Å². The molecule has 0 saturated carbocycles.